The number of phenols is 3. The predicted octanol–water partition coefficient (Wildman–Crippen LogP) is -4.39. The summed E-state index contributed by atoms with van der Waals surface area (Å²) < 4.78 is 90.1. The fourth-order valence-electron chi connectivity index (χ4n) is 17.7. The fraction of sp³-hybridized carbons (Fsp3) is 0.488. The van der Waals surface area contributed by atoms with Crippen molar-refractivity contribution < 1.29 is 189 Å². The summed E-state index contributed by atoms with van der Waals surface area (Å²) in [5, 5.41) is 264. The van der Waals surface area contributed by atoms with E-state index in [4.69, 9.17) is 81.0 Å². The van der Waals surface area contributed by atoms with Crippen LogP contribution < -0.4 is 4.74 Å². The molecule has 42 nitrogen and oxygen atoms in total. The van der Waals surface area contributed by atoms with Gasteiger partial charge in [-0.25, -0.2) is 9.97 Å². The number of aliphatic hydroxyl groups is 20. The number of aromatic nitrogens is 4. The third-order valence-corrected chi connectivity index (χ3v) is 24.3. The average Bonchev–Trinajstić information content (AvgIpc) is 1.59. The molecule has 128 heavy (non-hydrogen) atoms. The molecule has 23 aliphatic rings. The van der Waals surface area contributed by atoms with Gasteiger partial charge in [-0.15, -0.1) is 0 Å². The van der Waals surface area contributed by atoms with Gasteiger partial charge in [0.25, 0.3) is 0 Å². The SMILES string of the molecule is OC[C@H]1O[C@@H]2O[C@H]3[C@H](O)[C@@H](O)[C@@H](O[C@H]4[C@H](O)[C@@H](O)[C@@H](O[C@H]5[C@H](O)[C@@H](O)[C@@H](O[C@H]6[C@H](O)[C@@H](O)[C@@H](O[C@H]7[C@H](O)[C@@H](O)[C@@H](O[C@H]8[C@H](O)[C@@H](O)[C@@H](O[C@H]1[C@H](O)[C@H]2O)O[C@@H]8CO)O[C@@H]7CO)O[C@@H]6CO)O[C@@H]5COc1cccc(-c2c5nc(c(-c6cccc(O)c6)c6ccc([nH]6)c(-c6cccc(O)c6)c6nc(c(-c7cccc(O)c7)c7ccc2[nH]7)C=C6)C=C5)c1)O[C@@H]4CO)O[C@@H]3CO. The number of nitrogens with zero attached hydrogens (tertiary/aromatic N) is 2. The first-order valence-electron chi connectivity index (χ1n) is 41.3. The zero-order valence-electron chi connectivity index (χ0n) is 67.3. The van der Waals surface area contributed by atoms with Crippen LogP contribution in [0.2, 0.25) is 0 Å². The van der Waals surface area contributed by atoms with Gasteiger partial charge in [0.2, 0.25) is 0 Å². The third-order valence-electron chi connectivity index (χ3n) is 24.3. The van der Waals surface area contributed by atoms with Gasteiger partial charge in [0, 0.05) is 44.3 Å². The molecule has 21 fully saturated rings. The minimum absolute atomic E-state index is 0.000412. The smallest absolute Gasteiger partial charge is 0.187 e. The highest BCUT2D eigenvalue weighted by Gasteiger charge is 2.60. The number of aromatic hydroxyl groups is 3. The summed E-state index contributed by atoms with van der Waals surface area (Å²) in [4.78, 5) is 17.8. The van der Waals surface area contributed by atoms with Crippen LogP contribution in [0.25, 0.3) is 90.9 Å². The van der Waals surface area contributed by atoms with Gasteiger partial charge in [-0.2, -0.15) is 0 Å². The number of nitrogens with one attached hydrogen (secondary N) is 2. The fourth-order valence-corrected chi connectivity index (χ4v) is 17.7. The zero-order chi connectivity index (χ0) is 90.1. The zero-order valence-corrected chi connectivity index (χ0v) is 67.3. The lowest BCUT2D eigenvalue weighted by Crippen LogP contribution is -2.68. The third kappa shape index (κ3) is 17.6. The molecule has 30 rings (SSSR count). The van der Waals surface area contributed by atoms with Crippen LogP contribution in [-0.2, 0) is 66.3 Å². The predicted molar refractivity (Wildman–Crippen MR) is 432 cm³/mol. The van der Waals surface area contributed by atoms with Crippen LogP contribution in [0.4, 0.5) is 0 Å². The van der Waals surface area contributed by atoms with E-state index >= 15 is 0 Å². The van der Waals surface area contributed by atoms with Gasteiger partial charge < -0.3 is 198 Å². The number of aromatic amines is 2. The minimum atomic E-state index is -2.34. The molecule has 23 aliphatic heterocycles. The summed E-state index contributed by atoms with van der Waals surface area (Å²) in [6.45, 7) is -7.35. The van der Waals surface area contributed by atoms with Crippen LogP contribution in [0.5, 0.6) is 23.0 Å². The molecule has 690 valence electrons. The first-order chi connectivity index (χ1) is 61.7. The van der Waals surface area contributed by atoms with E-state index in [0.717, 1.165) is 0 Å². The number of ether oxygens (including phenoxy) is 15. The van der Waals surface area contributed by atoms with Gasteiger partial charge >= 0.3 is 0 Å². The number of hydrogen-bond donors (Lipinski definition) is 25. The quantitative estimate of drug-likeness (QED) is 0.0518. The molecule has 42 heteroatoms. The van der Waals surface area contributed by atoms with E-state index in [1.165, 1.54) is 18.2 Å². The molecule has 0 amide bonds. The van der Waals surface area contributed by atoms with Crippen LogP contribution >= 0.6 is 0 Å². The Balaban J connectivity index is 0.724. The number of aliphatic hydroxyl groups excluding tert-OH is 20. The highest BCUT2D eigenvalue weighted by Crippen LogP contribution is 2.45. The number of rotatable bonds is 13. The number of phenolic OH excluding ortho intramolecular Hbond substituents is 3. The molecular weight excluding hydrogens is 1700 g/mol. The van der Waals surface area contributed by atoms with Crippen molar-refractivity contribution in [2.45, 2.75) is 215 Å². The molecule has 7 aromatic rings. The Morgan fingerprint density at radius 2 is 0.461 bits per heavy atom. The lowest BCUT2D eigenvalue weighted by Gasteiger charge is -2.50. The van der Waals surface area contributed by atoms with Crippen molar-refractivity contribution in [3.8, 4) is 67.5 Å². The Kier molecular flexibility index (Phi) is 27.3. The lowest BCUT2D eigenvalue weighted by atomic mass is 9.95. The van der Waals surface area contributed by atoms with Gasteiger partial charge in [0.15, 0.2) is 44.0 Å². The molecule has 4 aromatic carbocycles. The van der Waals surface area contributed by atoms with E-state index in [9.17, 15) is 117 Å². The molecule has 22 bridgehead atoms. The molecule has 0 aliphatic carbocycles. The maximum absolute atomic E-state index is 12.5. The Bertz CT molecular complexity index is 5240. The molecular formula is C86H98N4O38. The van der Waals surface area contributed by atoms with Crippen molar-refractivity contribution in [3.05, 3.63) is 144 Å². The van der Waals surface area contributed by atoms with Crippen molar-refractivity contribution in [1.82, 2.24) is 19.9 Å². The number of benzene rings is 4. The minimum Gasteiger partial charge on any atom is -0.508 e. The number of H-pyrrole nitrogens is 2. The second kappa shape index (κ2) is 38.3. The normalized spacial score (nSPS) is 38.2. The Morgan fingerprint density at radius 3 is 0.688 bits per heavy atom. The highest BCUT2D eigenvalue weighted by molar-refractivity contribution is 6.00. The van der Waals surface area contributed by atoms with E-state index in [-0.39, 0.29) is 23.0 Å². The second-order valence-electron chi connectivity index (χ2n) is 32.5. The van der Waals surface area contributed by atoms with Crippen molar-refractivity contribution in [2.24, 2.45) is 0 Å². The van der Waals surface area contributed by atoms with E-state index in [1.807, 2.05) is 42.5 Å². The first kappa shape index (κ1) is 91.2. The summed E-state index contributed by atoms with van der Waals surface area (Å²) in [5.74, 6) is -0.0494. The molecule has 21 saturated heterocycles. The molecule has 35 atom stereocenters. The number of hydrogen-bond acceptors (Lipinski definition) is 40. The van der Waals surface area contributed by atoms with Crippen LogP contribution in [-0.4, -0.2) is 399 Å². The van der Waals surface area contributed by atoms with Crippen molar-refractivity contribution >= 4 is 46.4 Å². The van der Waals surface area contributed by atoms with Crippen molar-refractivity contribution in [2.75, 3.05) is 46.2 Å². The summed E-state index contributed by atoms with van der Waals surface area (Å²) in [7, 11) is 0. The summed E-state index contributed by atoms with van der Waals surface area (Å²) in [5.41, 5.74) is 8.18. The Hall–Kier alpha value is -8.68. The average molecular weight is 1800 g/mol. The van der Waals surface area contributed by atoms with Gasteiger partial charge in [-0.3, -0.25) is 0 Å². The lowest BCUT2D eigenvalue weighted by molar-refractivity contribution is -0.396. The standard InChI is InChI=1S/C86H98N4O38/c91-25-48-73-60(101)67(108)81(116-48)124-75-50(27-93)118-83(69(110)62(75)103)126-77-52(29-95)120-85(71(112)64(77)105)128-79-54(121-86(72(113)65(79)106)127-78-53(30-96)119-84(70(111)63(78)104)125-76-51(28-94)117-82(68(109)61(76)102)123-74-49(26-92)115-80(122-73)66(107)59(74)100)31-114-39-12-4-8-35(24-39)58-46-19-17-44(89-46)56(33-6-2-10-37(98)22-33)42-15-13-40(87-42)55(32-5-1-9-36(97)21-32)41-14-16-43(88-41)57(45-18-20-47(58)90-45)34-7-3-11-38(99)23-34/h1-24,48-54,59-87,90-113H,25-31H2/t48-,49-,50-,51-,52-,53-,54-,59-,60-,61-,62-,63-,64-,65-,66-,67-,68-,69-,70-,71-,72-,73-,74-,75-,76-,77-,78-,79-,80-,81-,82-,83-,84-,85-,86-/m1/s1. The van der Waals surface area contributed by atoms with Crippen molar-refractivity contribution in [3.63, 3.8) is 0 Å². The maximum Gasteiger partial charge on any atom is 0.187 e. The first-order valence-corrected chi connectivity index (χ1v) is 41.3. The summed E-state index contributed by atoms with van der Waals surface area (Å²) >= 11 is 0. The van der Waals surface area contributed by atoms with Gasteiger partial charge in [0.1, 0.15) is 201 Å². The van der Waals surface area contributed by atoms with Crippen molar-refractivity contribution in [1.29, 1.82) is 0 Å². The number of fused-ring (bicyclic) bond motifs is 8. The molecule has 0 radical (unpaired) electrons. The van der Waals surface area contributed by atoms with E-state index in [2.05, 4.69) is 9.97 Å². The van der Waals surface area contributed by atoms with E-state index < -0.39 is 261 Å². The molecule has 26 heterocycles. The second-order valence-corrected chi connectivity index (χ2v) is 32.5. The summed E-state index contributed by atoms with van der Waals surface area (Å²) in [6.07, 6.45) is -65.9. The topological polar surface area (TPSA) is 661 Å². The van der Waals surface area contributed by atoms with E-state index in [0.29, 0.717) is 89.4 Å². The molecule has 0 spiro atoms. The monoisotopic (exact) mass is 1790 g/mol. The molecule has 0 saturated carbocycles. The van der Waals surface area contributed by atoms with Gasteiger partial charge in [-0.05, 0) is 119 Å². The highest BCUT2D eigenvalue weighted by atomic mass is 16.8. The molecule has 3 aromatic heterocycles. The Labute approximate surface area is 724 Å². The molecule has 0 unspecified atom stereocenters. The van der Waals surface area contributed by atoms with Gasteiger partial charge in [0.05, 0.1) is 62.4 Å². The van der Waals surface area contributed by atoms with Gasteiger partial charge in [-0.1, -0.05) is 48.5 Å². The van der Waals surface area contributed by atoms with Crippen LogP contribution in [0, 0.1) is 0 Å². The van der Waals surface area contributed by atoms with Crippen LogP contribution in [0.3, 0.4) is 0 Å². The largest absolute Gasteiger partial charge is 0.508 e. The van der Waals surface area contributed by atoms with Crippen LogP contribution in [0.1, 0.15) is 22.8 Å². The van der Waals surface area contributed by atoms with E-state index in [1.54, 1.807) is 84.9 Å². The Morgan fingerprint density at radius 1 is 0.250 bits per heavy atom. The molecule has 25 N–H and O–H groups in total. The summed E-state index contributed by atoms with van der Waals surface area (Å²) in [6, 6.07) is 33.8. The van der Waals surface area contributed by atoms with Crippen LogP contribution in [0.15, 0.2) is 121 Å². The maximum atomic E-state index is 12.5.